The van der Waals surface area contributed by atoms with Crippen molar-refractivity contribution >= 4 is 5.91 Å². The van der Waals surface area contributed by atoms with Gasteiger partial charge in [-0.25, -0.2) is 5.43 Å². The zero-order valence-corrected chi connectivity index (χ0v) is 7.95. The number of hydrogen-bond acceptors (Lipinski definition) is 3. The Balaban J connectivity index is 3.61. The fraction of sp³-hybridized carbons (Fsp3) is 0.444. The normalized spacial score (nSPS) is 11.7. The highest BCUT2D eigenvalue weighted by molar-refractivity contribution is 5.87. The van der Waals surface area contributed by atoms with E-state index in [0.717, 1.165) is 0 Å². The van der Waals surface area contributed by atoms with E-state index < -0.39 is 0 Å². The maximum atomic E-state index is 11.0. The number of hydrogen-bond donors (Lipinski definition) is 3. The van der Waals surface area contributed by atoms with Crippen molar-refractivity contribution in [1.82, 2.24) is 10.9 Å². The van der Waals surface area contributed by atoms with Gasteiger partial charge in [-0.1, -0.05) is 18.2 Å². The van der Waals surface area contributed by atoms with Crippen LogP contribution in [0.3, 0.4) is 0 Å². The van der Waals surface area contributed by atoms with E-state index in [-0.39, 0.29) is 18.6 Å². The number of hydrazine groups is 1. The van der Waals surface area contributed by atoms with Crippen LogP contribution in [0.15, 0.2) is 24.3 Å². The second-order valence-corrected chi connectivity index (χ2v) is 2.76. The minimum Gasteiger partial charge on any atom is -0.392 e. The van der Waals surface area contributed by atoms with Crippen molar-refractivity contribution < 1.29 is 9.90 Å². The molecule has 0 aromatic rings. The number of aliphatic hydroxyl groups is 1. The molecule has 0 aromatic heterocycles. The van der Waals surface area contributed by atoms with Gasteiger partial charge < -0.3 is 5.11 Å². The van der Waals surface area contributed by atoms with Crippen molar-refractivity contribution in [1.29, 1.82) is 0 Å². The molecular formula is C9H16N2O2. The lowest BCUT2D eigenvalue weighted by molar-refractivity contribution is -0.117. The second-order valence-electron chi connectivity index (χ2n) is 2.76. The molecule has 3 N–H and O–H groups in total. The van der Waals surface area contributed by atoms with Crippen LogP contribution in [0.4, 0.5) is 0 Å². The van der Waals surface area contributed by atoms with Crippen LogP contribution in [0.25, 0.3) is 0 Å². The topological polar surface area (TPSA) is 61.4 Å². The van der Waals surface area contributed by atoms with Gasteiger partial charge in [0.05, 0.1) is 6.61 Å². The van der Waals surface area contributed by atoms with Crippen molar-refractivity contribution in [3.63, 3.8) is 0 Å². The SMILES string of the molecule is CC(C)NNC(=O)/C=C/C=C/CO. The zero-order chi connectivity index (χ0) is 10.1. The predicted octanol–water partition coefficient (Wildman–Crippen LogP) is 0.120. The van der Waals surface area contributed by atoms with Crippen LogP contribution in [0, 0.1) is 0 Å². The number of nitrogens with one attached hydrogen (secondary N) is 2. The second kappa shape index (κ2) is 7.52. The van der Waals surface area contributed by atoms with E-state index in [2.05, 4.69) is 10.9 Å². The Hall–Kier alpha value is -1.13. The molecule has 0 saturated carbocycles. The molecular weight excluding hydrogens is 168 g/mol. The van der Waals surface area contributed by atoms with Crippen LogP contribution in [0.2, 0.25) is 0 Å². The first-order valence-corrected chi connectivity index (χ1v) is 4.16. The molecule has 1 amide bonds. The van der Waals surface area contributed by atoms with Gasteiger partial charge in [0.15, 0.2) is 0 Å². The average molecular weight is 184 g/mol. The lowest BCUT2D eigenvalue weighted by Gasteiger charge is -2.06. The fourth-order valence-electron chi connectivity index (χ4n) is 0.540. The summed E-state index contributed by atoms with van der Waals surface area (Å²) in [5.41, 5.74) is 5.25. The summed E-state index contributed by atoms with van der Waals surface area (Å²) in [6, 6.07) is 0.213. The Bertz CT molecular complexity index is 198. The summed E-state index contributed by atoms with van der Waals surface area (Å²) in [4.78, 5) is 11.0. The van der Waals surface area contributed by atoms with Crippen molar-refractivity contribution in [2.75, 3.05) is 6.61 Å². The van der Waals surface area contributed by atoms with Gasteiger partial charge in [-0.15, -0.1) is 0 Å². The standard InChI is InChI=1S/C9H16N2O2/c1-8(2)10-11-9(13)6-4-3-5-7-12/h3-6,8,10,12H,7H2,1-2H3,(H,11,13)/b5-3+,6-4+. The van der Waals surface area contributed by atoms with Crippen LogP contribution in [-0.2, 0) is 4.79 Å². The van der Waals surface area contributed by atoms with Crippen molar-refractivity contribution in [2.24, 2.45) is 0 Å². The molecule has 0 radical (unpaired) electrons. The van der Waals surface area contributed by atoms with E-state index in [1.807, 2.05) is 13.8 Å². The smallest absolute Gasteiger partial charge is 0.258 e. The fourth-order valence-corrected chi connectivity index (χ4v) is 0.540. The third kappa shape index (κ3) is 8.78. The Morgan fingerprint density at radius 2 is 2.15 bits per heavy atom. The molecule has 0 atom stereocenters. The Labute approximate surface area is 78.3 Å². The molecule has 0 fully saturated rings. The number of allylic oxidation sites excluding steroid dienone is 2. The lowest BCUT2D eigenvalue weighted by Crippen LogP contribution is -2.40. The van der Waals surface area contributed by atoms with E-state index in [0.29, 0.717) is 0 Å². The van der Waals surface area contributed by atoms with Gasteiger partial charge >= 0.3 is 0 Å². The highest BCUT2D eigenvalue weighted by atomic mass is 16.2. The van der Waals surface area contributed by atoms with Gasteiger partial charge in [0.2, 0.25) is 0 Å². The zero-order valence-electron chi connectivity index (χ0n) is 7.95. The molecule has 0 saturated heterocycles. The number of carbonyl (C=O) groups is 1. The molecule has 4 heteroatoms. The molecule has 0 rings (SSSR count). The highest BCUT2D eigenvalue weighted by Crippen LogP contribution is 1.77. The first kappa shape index (κ1) is 11.9. The van der Waals surface area contributed by atoms with E-state index in [9.17, 15) is 4.79 Å². The van der Waals surface area contributed by atoms with Gasteiger partial charge in [-0.3, -0.25) is 10.2 Å². The highest BCUT2D eigenvalue weighted by Gasteiger charge is 1.93. The summed E-state index contributed by atoms with van der Waals surface area (Å²) in [7, 11) is 0. The molecule has 0 bridgehead atoms. The van der Waals surface area contributed by atoms with Crippen LogP contribution in [-0.4, -0.2) is 23.7 Å². The molecule has 13 heavy (non-hydrogen) atoms. The quantitative estimate of drug-likeness (QED) is 0.323. The van der Waals surface area contributed by atoms with Gasteiger partial charge in [0, 0.05) is 12.1 Å². The predicted molar refractivity (Wildman–Crippen MR) is 51.8 cm³/mol. The molecule has 74 valence electrons. The molecule has 0 aliphatic carbocycles. The van der Waals surface area contributed by atoms with E-state index in [1.54, 1.807) is 18.2 Å². The number of rotatable bonds is 5. The van der Waals surface area contributed by atoms with E-state index >= 15 is 0 Å². The van der Waals surface area contributed by atoms with Crippen LogP contribution >= 0.6 is 0 Å². The maximum Gasteiger partial charge on any atom is 0.258 e. The minimum absolute atomic E-state index is 0.0177. The van der Waals surface area contributed by atoms with E-state index in [4.69, 9.17) is 5.11 Å². The molecule has 0 heterocycles. The van der Waals surface area contributed by atoms with Crippen molar-refractivity contribution in [3.05, 3.63) is 24.3 Å². The summed E-state index contributed by atoms with van der Waals surface area (Å²) in [5.74, 6) is -0.212. The first-order valence-electron chi connectivity index (χ1n) is 4.16. The molecule has 0 aliphatic rings. The largest absolute Gasteiger partial charge is 0.392 e. The Kier molecular flexibility index (Phi) is 6.86. The Morgan fingerprint density at radius 3 is 2.69 bits per heavy atom. The maximum absolute atomic E-state index is 11.0. The number of carbonyl (C=O) groups excluding carboxylic acids is 1. The van der Waals surface area contributed by atoms with Gasteiger partial charge in [-0.2, -0.15) is 0 Å². The van der Waals surface area contributed by atoms with Gasteiger partial charge in [0.1, 0.15) is 0 Å². The average Bonchev–Trinajstić information content (AvgIpc) is 2.09. The molecule has 0 unspecified atom stereocenters. The van der Waals surface area contributed by atoms with E-state index in [1.165, 1.54) is 6.08 Å². The summed E-state index contributed by atoms with van der Waals surface area (Å²) < 4.78 is 0. The summed E-state index contributed by atoms with van der Waals surface area (Å²) >= 11 is 0. The van der Waals surface area contributed by atoms with Crippen molar-refractivity contribution in [3.8, 4) is 0 Å². The number of amides is 1. The summed E-state index contributed by atoms with van der Waals surface area (Å²) in [6.45, 7) is 3.83. The third-order valence-electron chi connectivity index (χ3n) is 1.08. The molecule has 0 aromatic carbocycles. The molecule has 4 nitrogen and oxygen atoms in total. The van der Waals surface area contributed by atoms with Gasteiger partial charge in [0.25, 0.3) is 5.91 Å². The van der Waals surface area contributed by atoms with Gasteiger partial charge in [-0.05, 0) is 13.8 Å². The minimum atomic E-state index is -0.212. The van der Waals surface area contributed by atoms with Crippen LogP contribution in [0.5, 0.6) is 0 Å². The monoisotopic (exact) mass is 184 g/mol. The third-order valence-corrected chi connectivity index (χ3v) is 1.08. The van der Waals surface area contributed by atoms with Crippen LogP contribution < -0.4 is 10.9 Å². The summed E-state index contributed by atoms with van der Waals surface area (Å²) in [6.07, 6.45) is 6.09. The lowest BCUT2D eigenvalue weighted by atomic mass is 10.4. The molecule has 0 aliphatic heterocycles. The Morgan fingerprint density at radius 1 is 1.46 bits per heavy atom. The number of aliphatic hydroxyl groups excluding tert-OH is 1. The molecule has 0 spiro atoms. The van der Waals surface area contributed by atoms with Crippen LogP contribution in [0.1, 0.15) is 13.8 Å². The summed E-state index contributed by atoms with van der Waals surface area (Å²) in [5, 5.41) is 8.37. The van der Waals surface area contributed by atoms with Crippen molar-refractivity contribution in [2.45, 2.75) is 19.9 Å². The first-order chi connectivity index (χ1) is 6.16.